The van der Waals surface area contributed by atoms with E-state index in [1.807, 2.05) is 18.0 Å². The minimum atomic E-state index is -0.527. The van der Waals surface area contributed by atoms with Crippen LogP contribution in [0.1, 0.15) is 65.4 Å². The van der Waals surface area contributed by atoms with Crippen molar-refractivity contribution in [3.05, 3.63) is 77.2 Å². The molecule has 0 aliphatic carbocycles. The number of carbonyl (C=O) groups excluding carboxylic acids is 4. The second kappa shape index (κ2) is 15.3. The maximum Gasteiger partial charge on any atom is 0.328 e. The Morgan fingerprint density at radius 1 is 0.964 bits per heavy atom. The maximum atomic E-state index is 13.5. The lowest BCUT2D eigenvalue weighted by Crippen LogP contribution is -2.49. The molecule has 8 rings (SSSR count). The van der Waals surface area contributed by atoms with Crippen molar-refractivity contribution in [2.45, 2.75) is 44.6 Å². The van der Waals surface area contributed by atoms with Crippen molar-refractivity contribution in [1.29, 1.82) is 0 Å². The lowest BCUT2D eigenvalue weighted by Gasteiger charge is -2.36. The highest BCUT2D eigenvalue weighted by atomic mass is 35.5. The third-order valence-electron chi connectivity index (χ3n) is 11.5. The molecule has 0 atom stereocenters. The summed E-state index contributed by atoms with van der Waals surface area (Å²) in [7, 11) is 3.45. The number of nitrogens with one attached hydrogen (secondary N) is 3. The molecule has 5 aromatic rings. The van der Waals surface area contributed by atoms with Crippen LogP contribution in [0.15, 0.2) is 60.9 Å². The summed E-state index contributed by atoms with van der Waals surface area (Å²) in [6, 6.07) is 15.3. The number of hydrogen-bond donors (Lipinski definition) is 3. The first-order valence-corrected chi connectivity index (χ1v) is 19.4. The molecule has 3 fully saturated rings. The number of imidazole rings is 1. The molecule has 3 saturated heterocycles. The van der Waals surface area contributed by atoms with Crippen molar-refractivity contribution in [3.63, 3.8) is 0 Å². The number of carbonyl (C=O) groups is 4. The third kappa shape index (κ3) is 7.11. The van der Waals surface area contributed by atoms with Crippen LogP contribution in [-0.2, 0) is 4.79 Å². The Kier molecular flexibility index (Phi) is 10.2. The summed E-state index contributed by atoms with van der Waals surface area (Å²) in [6.07, 6.45) is 9.05. The molecule has 0 radical (unpaired) electrons. The van der Waals surface area contributed by atoms with E-state index in [9.17, 15) is 19.2 Å². The summed E-state index contributed by atoms with van der Waals surface area (Å²) in [5.41, 5.74) is 5.65. The third-order valence-corrected chi connectivity index (χ3v) is 11.8. The largest absolute Gasteiger partial charge is 0.385 e. The monoisotopic (exact) mass is 764 g/mol. The molecule has 3 aliphatic rings. The summed E-state index contributed by atoms with van der Waals surface area (Å²) in [6.45, 7) is 4.68. The SMILES string of the molecule is CNC(=O)c1cnc2c(NC)cc(-c3cn(C4CCN(CCC5CCN(C(=O)c6ccc(Cl)c(N7CCC(=O)NC7=O)c6)CC5)CC4)c4ccccc34)nn12. The van der Waals surface area contributed by atoms with Gasteiger partial charge in [-0.2, -0.15) is 5.10 Å². The number of aromatic nitrogens is 4. The number of urea groups is 1. The van der Waals surface area contributed by atoms with Crippen molar-refractivity contribution >= 4 is 63.3 Å². The Morgan fingerprint density at radius 3 is 2.49 bits per heavy atom. The van der Waals surface area contributed by atoms with Gasteiger partial charge in [-0.1, -0.05) is 29.8 Å². The predicted octanol–water partition coefficient (Wildman–Crippen LogP) is 5.43. The van der Waals surface area contributed by atoms with Gasteiger partial charge in [0.05, 0.1) is 28.3 Å². The molecule has 3 N–H and O–H groups in total. The summed E-state index contributed by atoms with van der Waals surface area (Å²) >= 11 is 6.41. The molecule has 0 bridgehead atoms. The predicted molar refractivity (Wildman–Crippen MR) is 212 cm³/mol. The molecule has 5 amide bonds. The number of rotatable bonds is 9. The Hall–Kier alpha value is -5.47. The molecular weight excluding hydrogens is 720 g/mol. The van der Waals surface area contributed by atoms with E-state index in [1.54, 1.807) is 36.0 Å². The highest BCUT2D eigenvalue weighted by Crippen LogP contribution is 2.36. The number of amides is 5. The van der Waals surface area contributed by atoms with Crippen LogP contribution in [0.2, 0.25) is 5.02 Å². The van der Waals surface area contributed by atoms with Gasteiger partial charge in [-0.3, -0.25) is 24.6 Å². The fourth-order valence-corrected chi connectivity index (χ4v) is 8.54. The van der Waals surface area contributed by atoms with Gasteiger partial charge in [-0.25, -0.2) is 14.3 Å². The van der Waals surface area contributed by atoms with Crippen molar-refractivity contribution in [3.8, 4) is 11.3 Å². The summed E-state index contributed by atoms with van der Waals surface area (Å²) < 4.78 is 4.03. The Balaban J connectivity index is 0.876. The van der Waals surface area contributed by atoms with Gasteiger partial charge in [0.25, 0.3) is 11.8 Å². The van der Waals surface area contributed by atoms with Gasteiger partial charge in [0.2, 0.25) is 5.91 Å². The highest BCUT2D eigenvalue weighted by Gasteiger charge is 2.30. The number of fused-ring (bicyclic) bond motifs is 2. The van der Waals surface area contributed by atoms with Gasteiger partial charge < -0.3 is 25.0 Å². The van der Waals surface area contributed by atoms with E-state index >= 15 is 0 Å². The fourth-order valence-electron chi connectivity index (χ4n) is 8.32. The number of piperidine rings is 2. The molecule has 0 saturated carbocycles. The van der Waals surface area contributed by atoms with E-state index in [-0.39, 0.29) is 30.7 Å². The van der Waals surface area contributed by atoms with E-state index < -0.39 is 6.03 Å². The topological polar surface area (TPSA) is 149 Å². The number of anilines is 2. The molecule has 0 spiro atoms. The lowest BCUT2D eigenvalue weighted by atomic mass is 9.92. The average Bonchev–Trinajstić information content (AvgIpc) is 3.82. The zero-order valence-electron chi connectivity index (χ0n) is 31.1. The van der Waals surface area contributed by atoms with Crippen LogP contribution in [0.5, 0.6) is 0 Å². The van der Waals surface area contributed by atoms with Gasteiger partial charge in [-0.15, -0.1) is 0 Å². The van der Waals surface area contributed by atoms with Crippen LogP contribution in [-0.4, -0.2) is 106 Å². The first kappa shape index (κ1) is 36.5. The van der Waals surface area contributed by atoms with Crippen LogP contribution in [0, 0.1) is 5.92 Å². The van der Waals surface area contributed by atoms with Gasteiger partial charge in [0.1, 0.15) is 0 Å². The summed E-state index contributed by atoms with van der Waals surface area (Å²) in [4.78, 5) is 60.5. The molecule has 286 valence electrons. The molecule has 15 heteroatoms. The second-order valence-electron chi connectivity index (χ2n) is 14.6. The van der Waals surface area contributed by atoms with Crippen molar-refractivity contribution in [1.82, 2.24) is 39.6 Å². The second-order valence-corrected chi connectivity index (χ2v) is 15.0. The number of imide groups is 1. The molecule has 3 aliphatic heterocycles. The fraction of sp³-hybridized carbons (Fsp3) is 0.400. The van der Waals surface area contributed by atoms with Crippen molar-refractivity contribution in [2.24, 2.45) is 5.92 Å². The number of likely N-dealkylation sites (tertiary alicyclic amines) is 2. The molecule has 3 aromatic heterocycles. The number of hydrogen-bond acceptors (Lipinski definition) is 8. The van der Waals surface area contributed by atoms with Crippen molar-refractivity contribution in [2.75, 3.05) is 63.6 Å². The first-order chi connectivity index (χ1) is 26.7. The summed E-state index contributed by atoms with van der Waals surface area (Å²) in [5, 5.41) is 14.6. The Labute approximate surface area is 323 Å². The smallest absolute Gasteiger partial charge is 0.328 e. The minimum Gasteiger partial charge on any atom is -0.385 e. The quantitative estimate of drug-likeness (QED) is 0.180. The maximum absolute atomic E-state index is 13.5. The van der Waals surface area contributed by atoms with Gasteiger partial charge in [0, 0.05) is 87.5 Å². The first-order valence-electron chi connectivity index (χ1n) is 19.0. The molecule has 0 unspecified atom stereocenters. The van der Waals surface area contributed by atoms with Gasteiger partial charge in [0.15, 0.2) is 11.3 Å². The lowest BCUT2D eigenvalue weighted by molar-refractivity contribution is -0.120. The average molecular weight is 765 g/mol. The zero-order chi connectivity index (χ0) is 38.2. The molecule has 55 heavy (non-hydrogen) atoms. The number of para-hydroxylation sites is 1. The normalized spacial score (nSPS) is 17.6. The Bertz CT molecular complexity index is 2290. The van der Waals surface area contributed by atoms with Crippen molar-refractivity contribution < 1.29 is 19.2 Å². The van der Waals surface area contributed by atoms with Gasteiger partial charge >= 0.3 is 6.03 Å². The van der Waals surface area contributed by atoms with Crippen LogP contribution in [0.3, 0.4) is 0 Å². The molecule has 6 heterocycles. The number of nitrogens with zero attached hydrogens (tertiary/aromatic N) is 7. The number of halogens is 1. The molecule has 2 aromatic carbocycles. The Morgan fingerprint density at radius 2 is 1.75 bits per heavy atom. The van der Waals surface area contributed by atoms with E-state index in [1.165, 1.54) is 10.4 Å². The van der Waals surface area contributed by atoms with Crippen LogP contribution in [0.4, 0.5) is 16.2 Å². The van der Waals surface area contributed by atoms with Crippen LogP contribution < -0.4 is 20.9 Å². The number of benzene rings is 2. The van der Waals surface area contributed by atoms with Gasteiger partial charge in [-0.05, 0) is 74.9 Å². The van der Waals surface area contributed by atoms with E-state index in [4.69, 9.17) is 16.7 Å². The molecule has 14 nitrogen and oxygen atoms in total. The van der Waals surface area contributed by atoms with E-state index in [0.29, 0.717) is 52.7 Å². The van der Waals surface area contributed by atoms with E-state index in [0.717, 1.165) is 74.1 Å². The summed E-state index contributed by atoms with van der Waals surface area (Å²) in [5.74, 6) is -0.0768. The van der Waals surface area contributed by atoms with Crippen LogP contribution in [0.25, 0.3) is 27.8 Å². The van der Waals surface area contributed by atoms with Crippen LogP contribution >= 0.6 is 11.6 Å². The zero-order valence-corrected chi connectivity index (χ0v) is 31.8. The minimum absolute atomic E-state index is 0.0678. The molecular formula is C40H45ClN10O4. The highest BCUT2D eigenvalue weighted by molar-refractivity contribution is 6.34. The standard InChI is InChI=1S/C40H45ClN10O4/c1-42-32-22-31(46-51-35(38(53)43-2)23-44-37(32)51)29-24-50(33-6-4-3-5-28(29)33)27-12-16-47(17-13-27)15-9-25-10-18-48(19-11-25)39(54)26-7-8-30(41)34(21-26)49-20-14-36(52)45-40(49)55/h3-8,21-25,27,42H,9-20H2,1-2H3,(H,43,53)(H,45,52,55). The van der Waals surface area contributed by atoms with E-state index in [2.05, 4.69) is 60.9 Å².